The van der Waals surface area contributed by atoms with Gasteiger partial charge in [0.15, 0.2) is 0 Å². The van der Waals surface area contributed by atoms with Crippen molar-refractivity contribution in [2.24, 2.45) is 0 Å². The number of aliphatic hydroxyl groups is 1. The summed E-state index contributed by atoms with van der Waals surface area (Å²) in [6.45, 7) is 2.03. The summed E-state index contributed by atoms with van der Waals surface area (Å²) in [5.41, 5.74) is 3.19. The van der Waals surface area contributed by atoms with Gasteiger partial charge in [0.1, 0.15) is 5.82 Å². The zero-order chi connectivity index (χ0) is 15.4. The molecule has 2 heterocycles. The molecule has 22 heavy (non-hydrogen) atoms. The molecule has 0 atom stereocenters. The van der Waals surface area contributed by atoms with Gasteiger partial charge in [-0.2, -0.15) is 0 Å². The number of halogens is 1. The van der Waals surface area contributed by atoms with Crippen molar-refractivity contribution >= 4 is 10.9 Å². The number of benzene rings is 1. The molecule has 0 saturated carbocycles. The zero-order valence-corrected chi connectivity index (χ0v) is 12.2. The summed E-state index contributed by atoms with van der Waals surface area (Å²) in [6.07, 6.45) is 5.70. The molecule has 0 aliphatic carbocycles. The molecule has 0 unspecified atom stereocenters. The van der Waals surface area contributed by atoms with E-state index in [1.54, 1.807) is 12.1 Å². The van der Waals surface area contributed by atoms with Crippen LogP contribution in [0.15, 0.2) is 48.9 Å². The van der Waals surface area contributed by atoms with Crippen LogP contribution in [0.5, 0.6) is 0 Å². The van der Waals surface area contributed by atoms with Gasteiger partial charge in [-0.25, -0.2) is 4.39 Å². The summed E-state index contributed by atoms with van der Waals surface area (Å²) in [7, 11) is 0. The lowest BCUT2D eigenvalue weighted by Crippen LogP contribution is -2.17. The zero-order valence-electron chi connectivity index (χ0n) is 12.2. The Bertz CT molecular complexity index is 752. The topological polar surface area (TPSA) is 50.1 Å². The minimum absolute atomic E-state index is 0.120. The molecule has 2 N–H and O–H groups in total. The Balaban J connectivity index is 1.85. The van der Waals surface area contributed by atoms with Crippen molar-refractivity contribution in [3.8, 4) is 0 Å². The number of pyridine rings is 1. The highest BCUT2D eigenvalue weighted by atomic mass is 19.1. The molecule has 114 valence electrons. The van der Waals surface area contributed by atoms with Gasteiger partial charge in [0.2, 0.25) is 0 Å². The van der Waals surface area contributed by atoms with Crippen LogP contribution in [-0.4, -0.2) is 27.8 Å². The van der Waals surface area contributed by atoms with E-state index in [0.717, 1.165) is 22.0 Å². The van der Waals surface area contributed by atoms with Crippen LogP contribution in [-0.2, 0) is 13.1 Å². The van der Waals surface area contributed by atoms with Crippen molar-refractivity contribution in [3.05, 3.63) is 65.9 Å². The molecular weight excluding hydrogens is 281 g/mol. The van der Waals surface area contributed by atoms with Crippen molar-refractivity contribution in [1.82, 2.24) is 14.9 Å². The molecule has 5 heteroatoms. The van der Waals surface area contributed by atoms with Crippen LogP contribution in [0.2, 0.25) is 0 Å². The first-order valence-electron chi connectivity index (χ1n) is 7.25. The standard InChI is InChI=1S/C17H18FN3O/c18-15-3-1-13(2-4-15)12-21-7-5-16-14(9-19-6-8-22)10-20-11-17(16)21/h1-5,7,10-11,19,22H,6,8-9,12H2. The summed E-state index contributed by atoms with van der Waals surface area (Å²) in [5, 5.41) is 13.1. The van der Waals surface area contributed by atoms with Gasteiger partial charge in [0, 0.05) is 37.4 Å². The number of hydrogen-bond acceptors (Lipinski definition) is 3. The Labute approximate surface area is 128 Å². The summed E-state index contributed by atoms with van der Waals surface area (Å²) in [4.78, 5) is 4.30. The SMILES string of the molecule is OCCNCc1cncc2c1ccn2Cc1ccc(F)cc1. The van der Waals surface area contributed by atoms with E-state index in [2.05, 4.69) is 20.9 Å². The Morgan fingerprint density at radius 3 is 2.73 bits per heavy atom. The van der Waals surface area contributed by atoms with Crippen molar-refractivity contribution in [2.75, 3.05) is 13.2 Å². The van der Waals surface area contributed by atoms with E-state index in [1.807, 2.05) is 18.6 Å². The minimum atomic E-state index is -0.222. The number of fused-ring (bicyclic) bond motifs is 1. The van der Waals surface area contributed by atoms with Crippen molar-refractivity contribution in [3.63, 3.8) is 0 Å². The summed E-state index contributed by atoms with van der Waals surface area (Å²) >= 11 is 0. The lowest BCUT2D eigenvalue weighted by molar-refractivity contribution is 0.292. The van der Waals surface area contributed by atoms with Crippen LogP contribution in [0.3, 0.4) is 0 Å². The van der Waals surface area contributed by atoms with E-state index in [-0.39, 0.29) is 12.4 Å². The first-order valence-corrected chi connectivity index (χ1v) is 7.25. The highest BCUT2D eigenvalue weighted by molar-refractivity contribution is 5.82. The second kappa shape index (κ2) is 6.68. The summed E-state index contributed by atoms with van der Waals surface area (Å²) < 4.78 is 15.1. The van der Waals surface area contributed by atoms with E-state index >= 15 is 0 Å². The lowest BCUT2D eigenvalue weighted by Gasteiger charge is -2.08. The van der Waals surface area contributed by atoms with Crippen molar-refractivity contribution < 1.29 is 9.50 Å². The van der Waals surface area contributed by atoms with Gasteiger partial charge in [-0.3, -0.25) is 4.98 Å². The average molecular weight is 299 g/mol. The summed E-state index contributed by atoms with van der Waals surface area (Å²) in [6, 6.07) is 8.60. The van der Waals surface area contributed by atoms with Gasteiger partial charge in [-0.15, -0.1) is 0 Å². The van der Waals surface area contributed by atoms with Crippen molar-refractivity contribution in [1.29, 1.82) is 0 Å². The molecule has 3 aromatic rings. The van der Waals surface area contributed by atoms with E-state index in [1.165, 1.54) is 12.1 Å². The van der Waals surface area contributed by atoms with Gasteiger partial charge in [0.05, 0.1) is 18.3 Å². The molecule has 0 bridgehead atoms. The second-order valence-corrected chi connectivity index (χ2v) is 5.20. The monoisotopic (exact) mass is 299 g/mol. The maximum atomic E-state index is 13.0. The average Bonchev–Trinajstić information content (AvgIpc) is 2.94. The number of nitrogens with zero attached hydrogens (tertiary/aromatic N) is 2. The number of aliphatic hydroxyl groups excluding tert-OH is 1. The molecule has 0 saturated heterocycles. The number of rotatable bonds is 6. The molecule has 3 rings (SSSR count). The van der Waals surface area contributed by atoms with Crippen molar-refractivity contribution in [2.45, 2.75) is 13.1 Å². The Morgan fingerprint density at radius 2 is 1.95 bits per heavy atom. The normalized spacial score (nSPS) is 11.2. The smallest absolute Gasteiger partial charge is 0.123 e. The third-order valence-corrected chi connectivity index (χ3v) is 3.65. The largest absolute Gasteiger partial charge is 0.395 e. The predicted octanol–water partition coefficient (Wildman–Crippen LogP) is 2.31. The second-order valence-electron chi connectivity index (χ2n) is 5.20. The molecular formula is C17H18FN3O. The Hall–Kier alpha value is -2.24. The Kier molecular flexibility index (Phi) is 4.46. The van der Waals surface area contributed by atoms with Gasteiger partial charge in [0.25, 0.3) is 0 Å². The quantitative estimate of drug-likeness (QED) is 0.687. The van der Waals surface area contributed by atoms with Crippen LogP contribution >= 0.6 is 0 Å². The predicted molar refractivity (Wildman–Crippen MR) is 84.0 cm³/mol. The van der Waals surface area contributed by atoms with E-state index in [4.69, 9.17) is 5.11 Å². The molecule has 0 aliphatic heterocycles. The fraction of sp³-hybridized carbons (Fsp3) is 0.235. The third kappa shape index (κ3) is 3.16. The first kappa shape index (κ1) is 14.7. The fourth-order valence-electron chi connectivity index (χ4n) is 2.53. The molecule has 0 aliphatic rings. The third-order valence-electron chi connectivity index (χ3n) is 3.65. The molecule has 0 radical (unpaired) electrons. The Morgan fingerprint density at radius 1 is 1.14 bits per heavy atom. The number of aromatic nitrogens is 2. The van der Waals surface area contributed by atoms with Gasteiger partial charge >= 0.3 is 0 Å². The molecule has 2 aromatic heterocycles. The van der Waals surface area contributed by atoms with Gasteiger partial charge in [-0.05, 0) is 29.3 Å². The van der Waals surface area contributed by atoms with Crippen LogP contribution in [0.1, 0.15) is 11.1 Å². The molecule has 1 aromatic carbocycles. The first-order chi connectivity index (χ1) is 10.8. The minimum Gasteiger partial charge on any atom is -0.395 e. The molecule has 0 amide bonds. The van der Waals surface area contributed by atoms with Gasteiger partial charge < -0.3 is 15.0 Å². The van der Waals surface area contributed by atoms with Crippen LogP contribution < -0.4 is 5.32 Å². The molecule has 0 fully saturated rings. The van der Waals surface area contributed by atoms with E-state index in [0.29, 0.717) is 19.6 Å². The highest BCUT2D eigenvalue weighted by Gasteiger charge is 2.07. The fourth-order valence-corrected chi connectivity index (χ4v) is 2.53. The number of hydrogen-bond donors (Lipinski definition) is 2. The maximum absolute atomic E-state index is 13.0. The lowest BCUT2D eigenvalue weighted by atomic mass is 10.2. The number of nitrogens with one attached hydrogen (secondary N) is 1. The molecule has 4 nitrogen and oxygen atoms in total. The molecule has 0 spiro atoms. The highest BCUT2D eigenvalue weighted by Crippen LogP contribution is 2.20. The van der Waals surface area contributed by atoms with Gasteiger partial charge in [-0.1, -0.05) is 12.1 Å². The summed E-state index contributed by atoms with van der Waals surface area (Å²) in [5.74, 6) is -0.222. The van der Waals surface area contributed by atoms with Crippen LogP contribution in [0, 0.1) is 5.82 Å². The van der Waals surface area contributed by atoms with E-state index < -0.39 is 0 Å². The van der Waals surface area contributed by atoms with Crippen LogP contribution in [0.25, 0.3) is 10.9 Å². The van der Waals surface area contributed by atoms with Crippen LogP contribution in [0.4, 0.5) is 4.39 Å². The van der Waals surface area contributed by atoms with E-state index in [9.17, 15) is 4.39 Å². The maximum Gasteiger partial charge on any atom is 0.123 e.